The number of aromatic nitrogens is 2. The van der Waals surface area contributed by atoms with Crippen molar-refractivity contribution in [1.82, 2.24) is 14.9 Å². The molecule has 0 amide bonds. The maximum atomic E-state index is 14.1. The highest BCUT2D eigenvalue weighted by atomic mass is 19.1. The van der Waals surface area contributed by atoms with Crippen LogP contribution in [0.2, 0.25) is 0 Å². The van der Waals surface area contributed by atoms with E-state index in [4.69, 9.17) is 0 Å². The Bertz CT molecular complexity index is 481. The van der Waals surface area contributed by atoms with Crippen LogP contribution in [0, 0.1) is 5.82 Å². The molecule has 110 valence electrons. The average Bonchev–Trinajstić information content (AvgIpc) is 2.67. The minimum atomic E-state index is -0.327. The fraction of sp³-hybridized carbons (Fsp3) is 0.714. The third kappa shape index (κ3) is 2.44. The van der Waals surface area contributed by atoms with E-state index in [1.165, 1.54) is 19.0 Å². The van der Waals surface area contributed by atoms with Crippen LogP contribution >= 0.6 is 0 Å². The molecule has 6 heteroatoms. The standard InChI is InChI=1S/C14H22FN5/c1-3-16-14-17-8-12(15)13(18-14)20-7-6-10-4-5-11(9-20)19(10)2/h8,10-11H,3-7,9H2,1-2H3,(H,16,17,18). The second-order valence-corrected chi connectivity index (χ2v) is 5.68. The Morgan fingerprint density at radius 1 is 1.35 bits per heavy atom. The summed E-state index contributed by atoms with van der Waals surface area (Å²) in [6.45, 7) is 4.43. The van der Waals surface area contributed by atoms with Crippen molar-refractivity contribution in [1.29, 1.82) is 0 Å². The van der Waals surface area contributed by atoms with Crippen LogP contribution in [0.5, 0.6) is 0 Å². The van der Waals surface area contributed by atoms with E-state index in [2.05, 4.69) is 32.1 Å². The number of fused-ring (bicyclic) bond motifs is 2. The van der Waals surface area contributed by atoms with Crippen LogP contribution in [-0.2, 0) is 0 Å². The van der Waals surface area contributed by atoms with Crippen LogP contribution in [0.25, 0.3) is 0 Å². The zero-order chi connectivity index (χ0) is 14.1. The van der Waals surface area contributed by atoms with Crippen LogP contribution < -0.4 is 10.2 Å². The highest BCUT2D eigenvalue weighted by Crippen LogP contribution is 2.31. The first-order valence-electron chi connectivity index (χ1n) is 7.42. The molecule has 2 saturated heterocycles. The third-order valence-electron chi connectivity index (χ3n) is 4.51. The fourth-order valence-corrected chi connectivity index (χ4v) is 3.32. The molecule has 2 unspecified atom stereocenters. The molecule has 1 aromatic heterocycles. The van der Waals surface area contributed by atoms with Crippen LogP contribution in [-0.4, -0.2) is 53.6 Å². The van der Waals surface area contributed by atoms with Crippen molar-refractivity contribution in [3.63, 3.8) is 0 Å². The quantitative estimate of drug-likeness (QED) is 0.912. The molecule has 0 radical (unpaired) electrons. The molecule has 0 saturated carbocycles. The Morgan fingerprint density at radius 2 is 2.15 bits per heavy atom. The van der Waals surface area contributed by atoms with Gasteiger partial charge in [-0.2, -0.15) is 4.98 Å². The molecular weight excluding hydrogens is 257 g/mol. The lowest BCUT2D eigenvalue weighted by atomic mass is 10.1. The summed E-state index contributed by atoms with van der Waals surface area (Å²) < 4.78 is 14.1. The molecular formula is C14H22FN5. The third-order valence-corrected chi connectivity index (χ3v) is 4.51. The number of nitrogens with one attached hydrogen (secondary N) is 1. The molecule has 1 aromatic rings. The molecule has 2 atom stereocenters. The van der Waals surface area contributed by atoms with E-state index in [0.717, 1.165) is 26.1 Å². The molecule has 2 fully saturated rings. The zero-order valence-corrected chi connectivity index (χ0v) is 12.1. The molecule has 0 aliphatic carbocycles. The average molecular weight is 279 g/mol. The Labute approximate surface area is 119 Å². The topological polar surface area (TPSA) is 44.3 Å². The van der Waals surface area contributed by atoms with Gasteiger partial charge in [-0.1, -0.05) is 0 Å². The number of halogens is 1. The minimum absolute atomic E-state index is 0.327. The van der Waals surface area contributed by atoms with Crippen molar-refractivity contribution in [3.8, 4) is 0 Å². The second kappa shape index (κ2) is 5.52. The molecule has 2 bridgehead atoms. The zero-order valence-electron chi connectivity index (χ0n) is 12.1. The molecule has 1 N–H and O–H groups in total. The van der Waals surface area contributed by atoms with Crippen molar-refractivity contribution in [2.24, 2.45) is 0 Å². The smallest absolute Gasteiger partial charge is 0.224 e. The predicted molar refractivity (Wildman–Crippen MR) is 77.6 cm³/mol. The Hall–Kier alpha value is -1.43. The van der Waals surface area contributed by atoms with Gasteiger partial charge < -0.3 is 10.2 Å². The Morgan fingerprint density at radius 3 is 2.95 bits per heavy atom. The number of rotatable bonds is 3. The highest BCUT2D eigenvalue weighted by Gasteiger charge is 2.35. The van der Waals surface area contributed by atoms with Gasteiger partial charge in [0.2, 0.25) is 5.95 Å². The van der Waals surface area contributed by atoms with Gasteiger partial charge in [0.25, 0.3) is 0 Å². The first kappa shape index (κ1) is 13.5. The summed E-state index contributed by atoms with van der Waals surface area (Å²) in [5.41, 5.74) is 0. The van der Waals surface area contributed by atoms with E-state index < -0.39 is 0 Å². The maximum Gasteiger partial charge on any atom is 0.224 e. The van der Waals surface area contributed by atoms with Gasteiger partial charge in [0.15, 0.2) is 11.6 Å². The molecule has 2 aliphatic heterocycles. The van der Waals surface area contributed by atoms with E-state index in [1.54, 1.807) is 0 Å². The van der Waals surface area contributed by atoms with E-state index in [0.29, 0.717) is 23.8 Å². The monoisotopic (exact) mass is 279 g/mol. The lowest BCUT2D eigenvalue weighted by Crippen LogP contribution is -2.37. The summed E-state index contributed by atoms with van der Waals surface area (Å²) in [6, 6.07) is 1.16. The fourth-order valence-electron chi connectivity index (χ4n) is 3.32. The SMILES string of the molecule is CCNc1ncc(F)c(N2CCC3CCC(C2)N3C)n1. The lowest BCUT2D eigenvalue weighted by molar-refractivity contribution is 0.254. The summed E-state index contributed by atoms with van der Waals surface area (Å²) in [4.78, 5) is 12.9. The summed E-state index contributed by atoms with van der Waals surface area (Å²) in [6.07, 6.45) is 4.81. The molecule has 0 aromatic carbocycles. The van der Waals surface area contributed by atoms with Gasteiger partial charge in [-0.15, -0.1) is 0 Å². The number of anilines is 2. The van der Waals surface area contributed by atoms with Gasteiger partial charge >= 0.3 is 0 Å². The second-order valence-electron chi connectivity index (χ2n) is 5.68. The van der Waals surface area contributed by atoms with Gasteiger partial charge in [-0.05, 0) is 33.2 Å². The van der Waals surface area contributed by atoms with Crippen molar-refractivity contribution in [2.45, 2.75) is 38.3 Å². The van der Waals surface area contributed by atoms with Crippen LogP contribution in [0.15, 0.2) is 6.20 Å². The number of hydrogen-bond donors (Lipinski definition) is 1. The first-order chi connectivity index (χ1) is 9.69. The van der Waals surface area contributed by atoms with E-state index >= 15 is 0 Å². The van der Waals surface area contributed by atoms with Crippen molar-refractivity contribution >= 4 is 11.8 Å². The summed E-state index contributed by atoms with van der Waals surface area (Å²) in [5.74, 6) is 0.621. The van der Waals surface area contributed by atoms with Gasteiger partial charge in [0.05, 0.1) is 6.20 Å². The minimum Gasteiger partial charge on any atom is -0.354 e. The van der Waals surface area contributed by atoms with E-state index in [9.17, 15) is 4.39 Å². The normalized spacial score (nSPS) is 26.6. The van der Waals surface area contributed by atoms with E-state index in [1.807, 2.05) is 6.92 Å². The largest absolute Gasteiger partial charge is 0.354 e. The molecule has 20 heavy (non-hydrogen) atoms. The predicted octanol–water partition coefficient (Wildman–Crippen LogP) is 1.72. The van der Waals surface area contributed by atoms with Crippen molar-refractivity contribution < 1.29 is 4.39 Å². The van der Waals surface area contributed by atoms with Gasteiger partial charge in [-0.25, -0.2) is 9.37 Å². The van der Waals surface area contributed by atoms with Gasteiger partial charge in [0.1, 0.15) is 0 Å². The highest BCUT2D eigenvalue weighted by molar-refractivity contribution is 5.44. The summed E-state index contributed by atoms with van der Waals surface area (Å²) >= 11 is 0. The maximum absolute atomic E-state index is 14.1. The molecule has 2 aliphatic rings. The molecule has 5 nitrogen and oxygen atoms in total. The summed E-state index contributed by atoms with van der Waals surface area (Å²) in [7, 11) is 2.19. The number of nitrogens with zero attached hydrogens (tertiary/aromatic N) is 4. The first-order valence-corrected chi connectivity index (χ1v) is 7.42. The Balaban J connectivity index is 1.83. The van der Waals surface area contributed by atoms with Crippen LogP contribution in [0.1, 0.15) is 26.2 Å². The van der Waals surface area contributed by atoms with Gasteiger partial charge in [-0.3, -0.25) is 4.90 Å². The van der Waals surface area contributed by atoms with Gasteiger partial charge in [0, 0.05) is 31.7 Å². The summed E-state index contributed by atoms with van der Waals surface area (Å²) in [5, 5.41) is 3.05. The molecule has 3 rings (SSSR count). The Kier molecular flexibility index (Phi) is 3.74. The number of hydrogen-bond acceptors (Lipinski definition) is 5. The number of likely N-dealkylation sites (N-methyl/N-ethyl adjacent to an activating group) is 1. The lowest BCUT2D eigenvalue weighted by Gasteiger charge is -2.27. The molecule has 0 spiro atoms. The van der Waals surface area contributed by atoms with E-state index in [-0.39, 0.29) is 5.82 Å². The van der Waals surface area contributed by atoms with Crippen LogP contribution in [0.3, 0.4) is 0 Å². The molecule has 3 heterocycles. The van der Waals surface area contributed by atoms with Crippen LogP contribution in [0.4, 0.5) is 16.2 Å². The van der Waals surface area contributed by atoms with Crippen molar-refractivity contribution in [2.75, 3.05) is 36.9 Å². The van der Waals surface area contributed by atoms with Crippen molar-refractivity contribution in [3.05, 3.63) is 12.0 Å².